The maximum atomic E-state index is 12.8. The molecule has 60 valence electrons. The minimum Gasteiger partial charge on any atom is -0.324 e. The van der Waals surface area contributed by atoms with Gasteiger partial charge >= 0.3 is 0 Å². The summed E-state index contributed by atoms with van der Waals surface area (Å²) in [4.78, 5) is 3.51. The fourth-order valence-electron chi connectivity index (χ4n) is 0.758. The van der Waals surface area contributed by atoms with Crippen molar-refractivity contribution in [3.8, 4) is 0 Å². The van der Waals surface area contributed by atoms with Crippen LogP contribution in [0.4, 0.5) is 4.39 Å². The van der Waals surface area contributed by atoms with Gasteiger partial charge in [-0.05, 0) is 28.9 Å². The average Bonchev–Trinajstić information content (AvgIpc) is 1.94. The highest BCUT2D eigenvalue weighted by atomic mass is 79.9. The topological polar surface area (TPSA) is 38.9 Å². The van der Waals surface area contributed by atoms with Gasteiger partial charge < -0.3 is 5.73 Å². The van der Waals surface area contributed by atoms with Gasteiger partial charge in [0.05, 0.1) is 0 Å². The maximum absolute atomic E-state index is 12.8. The van der Waals surface area contributed by atoms with E-state index in [1.165, 1.54) is 6.20 Å². The molecule has 4 heteroatoms. The van der Waals surface area contributed by atoms with E-state index in [-0.39, 0.29) is 6.04 Å². The highest BCUT2D eigenvalue weighted by molar-refractivity contribution is 9.10. The normalized spacial score (nSPS) is 13.1. The lowest BCUT2D eigenvalue weighted by molar-refractivity contribution is 0.552. The van der Waals surface area contributed by atoms with E-state index in [9.17, 15) is 4.39 Å². The van der Waals surface area contributed by atoms with Crippen LogP contribution in [0.5, 0.6) is 0 Å². The summed E-state index contributed by atoms with van der Waals surface area (Å²) >= 11 is 3.18. The molecule has 0 amide bonds. The van der Waals surface area contributed by atoms with E-state index >= 15 is 0 Å². The van der Waals surface area contributed by atoms with Crippen LogP contribution < -0.4 is 5.73 Å². The first kappa shape index (κ1) is 8.62. The molecule has 1 aromatic rings. The maximum Gasteiger partial charge on any atom is 0.217 e. The van der Waals surface area contributed by atoms with Gasteiger partial charge in [0.15, 0.2) is 0 Å². The van der Waals surface area contributed by atoms with Gasteiger partial charge in [0, 0.05) is 22.3 Å². The van der Waals surface area contributed by atoms with Crippen LogP contribution in [0.25, 0.3) is 0 Å². The van der Waals surface area contributed by atoms with Crippen molar-refractivity contribution in [2.75, 3.05) is 0 Å². The lowest BCUT2D eigenvalue weighted by Gasteiger charge is -2.05. The molecule has 0 aromatic carbocycles. The summed E-state index contributed by atoms with van der Waals surface area (Å²) in [7, 11) is 0. The molecule has 2 nitrogen and oxygen atoms in total. The Hall–Kier alpha value is -0.480. The number of hydrogen-bond donors (Lipinski definition) is 1. The largest absolute Gasteiger partial charge is 0.324 e. The second-order valence-electron chi connectivity index (χ2n) is 2.32. The molecule has 11 heavy (non-hydrogen) atoms. The molecule has 1 unspecified atom stereocenters. The first-order valence-electron chi connectivity index (χ1n) is 3.18. The van der Waals surface area contributed by atoms with Crippen molar-refractivity contribution >= 4 is 15.9 Å². The summed E-state index contributed by atoms with van der Waals surface area (Å²) in [6.07, 6.45) is 1.40. The number of nitrogens with two attached hydrogens (primary N) is 1. The van der Waals surface area contributed by atoms with Crippen molar-refractivity contribution in [2.24, 2.45) is 5.73 Å². The monoisotopic (exact) mass is 218 g/mol. The quantitative estimate of drug-likeness (QED) is 0.733. The predicted octanol–water partition coefficient (Wildman–Crippen LogP) is 2.00. The van der Waals surface area contributed by atoms with Crippen molar-refractivity contribution < 1.29 is 4.39 Å². The van der Waals surface area contributed by atoms with Gasteiger partial charge in [-0.2, -0.15) is 4.39 Å². The zero-order valence-electron chi connectivity index (χ0n) is 6.01. The third-order valence-electron chi connectivity index (χ3n) is 1.32. The molecule has 0 bridgehead atoms. The third-order valence-corrected chi connectivity index (χ3v) is 1.76. The molecule has 0 spiro atoms. The summed E-state index contributed by atoms with van der Waals surface area (Å²) in [5.41, 5.74) is 5.91. The Morgan fingerprint density at radius 3 is 2.82 bits per heavy atom. The molecule has 0 aliphatic rings. The molecule has 1 rings (SSSR count). The zero-order valence-corrected chi connectivity index (χ0v) is 7.60. The molecule has 0 fully saturated rings. The molecule has 0 saturated heterocycles. The second kappa shape index (κ2) is 3.28. The van der Waals surface area contributed by atoms with Gasteiger partial charge in [-0.25, -0.2) is 4.98 Å². The first-order chi connectivity index (χ1) is 5.11. The number of halogens is 2. The summed E-state index contributed by atoms with van der Waals surface area (Å²) in [5.74, 6) is -0.497. The van der Waals surface area contributed by atoms with Crippen LogP contribution in [0.2, 0.25) is 0 Å². The van der Waals surface area contributed by atoms with Gasteiger partial charge in [-0.1, -0.05) is 0 Å². The van der Waals surface area contributed by atoms with Gasteiger partial charge in [0.2, 0.25) is 5.95 Å². The number of nitrogens with zero attached hydrogens (tertiary/aromatic N) is 1. The Morgan fingerprint density at radius 2 is 2.36 bits per heavy atom. The third kappa shape index (κ3) is 1.97. The molecule has 0 aliphatic carbocycles. The fourth-order valence-corrected chi connectivity index (χ4v) is 1.11. The van der Waals surface area contributed by atoms with E-state index in [1.807, 2.05) is 0 Å². The number of hydrogen-bond acceptors (Lipinski definition) is 2. The summed E-state index contributed by atoms with van der Waals surface area (Å²) in [6, 6.07) is 1.31. The van der Waals surface area contributed by atoms with Crippen LogP contribution in [0.1, 0.15) is 18.5 Å². The Balaban J connectivity index is 3.13. The van der Waals surface area contributed by atoms with E-state index in [4.69, 9.17) is 5.73 Å². The van der Waals surface area contributed by atoms with Crippen molar-refractivity contribution in [1.82, 2.24) is 4.98 Å². The van der Waals surface area contributed by atoms with Crippen LogP contribution in [-0.2, 0) is 0 Å². The number of aromatic nitrogens is 1. The van der Waals surface area contributed by atoms with Crippen molar-refractivity contribution in [1.29, 1.82) is 0 Å². The average molecular weight is 219 g/mol. The highest BCUT2D eigenvalue weighted by Gasteiger charge is 2.07. The van der Waals surface area contributed by atoms with Crippen LogP contribution >= 0.6 is 15.9 Å². The standard InChI is InChI=1S/C7H8BrFN2/c1-4(10)6-2-5(8)3-11-7(6)9/h2-4H,10H2,1H3. The molecule has 1 heterocycles. The van der Waals surface area contributed by atoms with Crippen LogP contribution in [-0.4, -0.2) is 4.98 Å². The van der Waals surface area contributed by atoms with Crippen molar-refractivity contribution in [3.05, 3.63) is 28.2 Å². The predicted molar refractivity (Wildman–Crippen MR) is 44.5 cm³/mol. The molecule has 2 N–H and O–H groups in total. The van der Waals surface area contributed by atoms with Gasteiger partial charge in [0.1, 0.15) is 0 Å². The minimum atomic E-state index is -0.497. The Bertz CT molecular complexity index is 263. The fraction of sp³-hybridized carbons (Fsp3) is 0.286. The summed E-state index contributed by atoms with van der Waals surface area (Å²) in [6.45, 7) is 1.71. The second-order valence-corrected chi connectivity index (χ2v) is 3.24. The van der Waals surface area contributed by atoms with Crippen LogP contribution in [0.15, 0.2) is 16.7 Å². The molecule has 1 atom stereocenters. The minimum absolute atomic E-state index is 0.319. The van der Waals surface area contributed by atoms with Gasteiger partial charge in [-0.15, -0.1) is 0 Å². The van der Waals surface area contributed by atoms with E-state index in [0.29, 0.717) is 5.56 Å². The lowest BCUT2D eigenvalue weighted by atomic mass is 10.1. The number of rotatable bonds is 1. The molecular weight excluding hydrogens is 211 g/mol. The van der Waals surface area contributed by atoms with Crippen molar-refractivity contribution in [3.63, 3.8) is 0 Å². The lowest BCUT2D eigenvalue weighted by Crippen LogP contribution is -2.08. The molecule has 0 radical (unpaired) electrons. The Labute approximate surface area is 72.8 Å². The van der Waals surface area contributed by atoms with E-state index < -0.39 is 5.95 Å². The van der Waals surface area contributed by atoms with Crippen LogP contribution in [0.3, 0.4) is 0 Å². The van der Waals surface area contributed by atoms with Crippen molar-refractivity contribution in [2.45, 2.75) is 13.0 Å². The molecule has 1 aromatic heterocycles. The van der Waals surface area contributed by atoms with Gasteiger partial charge in [0.25, 0.3) is 0 Å². The van der Waals surface area contributed by atoms with Gasteiger partial charge in [-0.3, -0.25) is 0 Å². The van der Waals surface area contributed by atoms with E-state index in [2.05, 4.69) is 20.9 Å². The summed E-state index contributed by atoms with van der Waals surface area (Å²) < 4.78 is 13.6. The zero-order chi connectivity index (χ0) is 8.43. The SMILES string of the molecule is CC(N)c1cc(Br)cnc1F. The number of pyridine rings is 1. The molecule has 0 saturated carbocycles. The molecular formula is C7H8BrFN2. The first-order valence-corrected chi connectivity index (χ1v) is 3.97. The van der Waals surface area contributed by atoms with E-state index in [0.717, 1.165) is 4.47 Å². The smallest absolute Gasteiger partial charge is 0.217 e. The van der Waals surface area contributed by atoms with E-state index in [1.54, 1.807) is 13.0 Å². The highest BCUT2D eigenvalue weighted by Crippen LogP contribution is 2.17. The van der Waals surface area contributed by atoms with Crippen LogP contribution in [0, 0.1) is 5.95 Å². The Morgan fingerprint density at radius 1 is 1.73 bits per heavy atom. The molecule has 0 aliphatic heterocycles. The summed E-state index contributed by atoms with van der Waals surface area (Å²) in [5, 5.41) is 0. The Kier molecular flexibility index (Phi) is 2.57.